The predicted molar refractivity (Wildman–Crippen MR) is 110 cm³/mol. The van der Waals surface area contributed by atoms with Gasteiger partial charge in [0.05, 0.1) is 21.8 Å². The van der Waals surface area contributed by atoms with Gasteiger partial charge < -0.3 is 0 Å². The van der Waals surface area contributed by atoms with Crippen LogP contribution in [-0.2, 0) is 10.0 Å². The van der Waals surface area contributed by atoms with E-state index in [1.807, 2.05) is 25.1 Å². The SMILES string of the molecule is Cc1ccc(S(=O)(=O)n2c(-c3ccccc3)c(N=[N+]=[N-])c3ccccc32)cc1. The van der Waals surface area contributed by atoms with Gasteiger partial charge in [0, 0.05) is 10.3 Å². The van der Waals surface area contributed by atoms with Crippen LogP contribution in [0.25, 0.3) is 32.6 Å². The van der Waals surface area contributed by atoms with E-state index in [-0.39, 0.29) is 4.90 Å². The molecule has 0 amide bonds. The summed E-state index contributed by atoms with van der Waals surface area (Å²) in [5.74, 6) is 0. The van der Waals surface area contributed by atoms with Crippen LogP contribution in [0.4, 0.5) is 5.69 Å². The number of nitrogens with zero attached hydrogens (tertiary/aromatic N) is 4. The van der Waals surface area contributed by atoms with Gasteiger partial charge in [0.1, 0.15) is 0 Å². The number of fused-ring (bicyclic) bond motifs is 1. The molecule has 0 radical (unpaired) electrons. The highest BCUT2D eigenvalue weighted by atomic mass is 32.2. The molecule has 0 bridgehead atoms. The molecule has 0 aliphatic rings. The molecule has 3 aromatic carbocycles. The zero-order valence-electron chi connectivity index (χ0n) is 15.0. The molecule has 0 atom stereocenters. The van der Waals surface area contributed by atoms with Gasteiger partial charge in [0.15, 0.2) is 0 Å². The van der Waals surface area contributed by atoms with Crippen LogP contribution in [0.3, 0.4) is 0 Å². The molecule has 0 saturated carbocycles. The summed E-state index contributed by atoms with van der Waals surface area (Å²) < 4.78 is 28.5. The fourth-order valence-electron chi connectivity index (χ4n) is 3.26. The van der Waals surface area contributed by atoms with E-state index in [0.717, 1.165) is 5.56 Å². The van der Waals surface area contributed by atoms with E-state index in [4.69, 9.17) is 5.53 Å². The van der Waals surface area contributed by atoms with Crippen LogP contribution in [0, 0.1) is 6.92 Å². The number of benzene rings is 3. The maximum Gasteiger partial charge on any atom is 0.268 e. The van der Waals surface area contributed by atoms with E-state index in [1.165, 1.54) is 3.97 Å². The second-order valence-corrected chi connectivity index (χ2v) is 8.14. The van der Waals surface area contributed by atoms with Gasteiger partial charge >= 0.3 is 0 Å². The molecule has 7 heteroatoms. The first-order chi connectivity index (χ1) is 13.5. The predicted octanol–water partition coefficient (Wildman–Crippen LogP) is 5.80. The fourth-order valence-corrected chi connectivity index (χ4v) is 4.80. The Kier molecular flexibility index (Phi) is 4.39. The maximum absolute atomic E-state index is 13.6. The van der Waals surface area contributed by atoms with Crippen molar-refractivity contribution in [3.05, 3.63) is 94.9 Å². The average Bonchev–Trinajstić information content (AvgIpc) is 3.04. The third-order valence-electron chi connectivity index (χ3n) is 4.56. The lowest BCUT2D eigenvalue weighted by atomic mass is 10.1. The van der Waals surface area contributed by atoms with Gasteiger partial charge in [-0.3, -0.25) is 0 Å². The molecule has 4 rings (SSSR count). The summed E-state index contributed by atoms with van der Waals surface area (Å²) in [5, 5.41) is 4.43. The highest BCUT2D eigenvalue weighted by molar-refractivity contribution is 7.90. The van der Waals surface area contributed by atoms with Crippen molar-refractivity contribution < 1.29 is 8.42 Å². The van der Waals surface area contributed by atoms with Crippen molar-refractivity contribution in [1.82, 2.24) is 3.97 Å². The van der Waals surface area contributed by atoms with E-state index in [1.54, 1.807) is 60.7 Å². The minimum Gasteiger partial charge on any atom is -0.233 e. The lowest BCUT2D eigenvalue weighted by Crippen LogP contribution is -2.14. The topological polar surface area (TPSA) is 87.8 Å². The van der Waals surface area contributed by atoms with E-state index >= 15 is 0 Å². The van der Waals surface area contributed by atoms with Crippen molar-refractivity contribution in [1.29, 1.82) is 0 Å². The Balaban J connectivity index is 2.16. The van der Waals surface area contributed by atoms with Gasteiger partial charge in [0.2, 0.25) is 0 Å². The van der Waals surface area contributed by atoms with Crippen LogP contribution in [0.15, 0.2) is 88.9 Å². The molecule has 28 heavy (non-hydrogen) atoms. The third kappa shape index (κ3) is 2.83. The Morgan fingerprint density at radius 2 is 1.54 bits per heavy atom. The lowest BCUT2D eigenvalue weighted by Gasteiger charge is -2.13. The molecular formula is C21H16N4O2S. The highest BCUT2D eigenvalue weighted by Gasteiger charge is 2.27. The first-order valence-electron chi connectivity index (χ1n) is 8.60. The molecule has 0 N–H and O–H groups in total. The summed E-state index contributed by atoms with van der Waals surface area (Å²) in [6, 6.07) is 22.8. The number of azide groups is 1. The molecule has 0 saturated heterocycles. The van der Waals surface area contributed by atoms with Crippen molar-refractivity contribution in [3.63, 3.8) is 0 Å². The Morgan fingerprint density at radius 3 is 2.21 bits per heavy atom. The van der Waals surface area contributed by atoms with E-state index in [0.29, 0.717) is 27.8 Å². The first kappa shape index (κ1) is 17.9. The summed E-state index contributed by atoms with van der Waals surface area (Å²) in [6.45, 7) is 1.90. The Bertz CT molecular complexity index is 1320. The van der Waals surface area contributed by atoms with E-state index in [9.17, 15) is 8.42 Å². The number of hydrogen-bond donors (Lipinski definition) is 0. The summed E-state index contributed by atoms with van der Waals surface area (Å²) in [7, 11) is -3.93. The van der Waals surface area contributed by atoms with Crippen molar-refractivity contribution in [2.45, 2.75) is 11.8 Å². The number of aromatic nitrogens is 1. The molecule has 6 nitrogen and oxygen atoms in total. The standard InChI is InChI=1S/C21H16N4O2S/c1-15-11-13-17(14-12-15)28(26,27)25-19-10-6-5-9-18(19)20(23-24-22)21(25)16-7-3-2-4-8-16/h2-14H,1H3. The van der Waals surface area contributed by atoms with Gasteiger partial charge in [-0.2, -0.15) is 0 Å². The second kappa shape index (κ2) is 6.88. The minimum absolute atomic E-state index is 0.170. The first-order valence-corrected chi connectivity index (χ1v) is 10.0. The van der Waals surface area contributed by atoms with Gasteiger partial charge in [-0.25, -0.2) is 12.4 Å². The number of hydrogen-bond acceptors (Lipinski definition) is 3. The summed E-state index contributed by atoms with van der Waals surface area (Å²) >= 11 is 0. The van der Waals surface area contributed by atoms with Crippen LogP contribution in [0.2, 0.25) is 0 Å². The van der Waals surface area contributed by atoms with Crippen molar-refractivity contribution in [2.24, 2.45) is 5.11 Å². The van der Waals surface area contributed by atoms with Crippen LogP contribution >= 0.6 is 0 Å². The van der Waals surface area contributed by atoms with E-state index in [2.05, 4.69) is 10.0 Å². The smallest absolute Gasteiger partial charge is 0.233 e. The Hall–Kier alpha value is -3.54. The van der Waals surface area contributed by atoms with Crippen molar-refractivity contribution >= 4 is 26.6 Å². The monoisotopic (exact) mass is 388 g/mol. The molecule has 1 aromatic heterocycles. The molecule has 0 aliphatic heterocycles. The van der Waals surface area contributed by atoms with Gasteiger partial charge in [-0.15, -0.1) is 0 Å². The van der Waals surface area contributed by atoms with Crippen LogP contribution < -0.4 is 0 Å². The minimum atomic E-state index is -3.93. The zero-order valence-corrected chi connectivity index (χ0v) is 15.8. The van der Waals surface area contributed by atoms with Gasteiger partial charge in [-0.1, -0.05) is 71.3 Å². The van der Waals surface area contributed by atoms with Crippen LogP contribution in [0.1, 0.15) is 5.56 Å². The number of para-hydroxylation sites is 1. The molecule has 0 aliphatic carbocycles. The van der Waals surface area contributed by atoms with Crippen LogP contribution in [0.5, 0.6) is 0 Å². The molecular weight excluding hydrogens is 372 g/mol. The third-order valence-corrected chi connectivity index (χ3v) is 6.28. The molecule has 4 aromatic rings. The maximum atomic E-state index is 13.6. The molecule has 0 spiro atoms. The van der Waals surface area contributed by atoms with Gasteiger partial charge in [-0.05, 0) is 36.2 Å². The molecule has 0 unspecified atom stereocenters. The van der Waals surface area contributed by atoms with Crippen LogP contribution in [-0.4, -0.2) is 12.4 Å². The van der Waals surface area contributed by atoms with E-state index < -0.39 is 10.0 Å². The lowest BCUT2D eigenvalue weighted by molar-refractivity contribution is 0.589. The van der Waals surface area contributed by atoms with Crippen molar-refractivity contribution in [2.75, 3.05) is 0 Å². The average molecular weight is 388 g/mol. The second-order valence-electron chi connectivity index (χ2n) is 6.35. The molecule has 138 valence electrons. The summed E-state index contributed by atoms with van der Waals surface area (Å²) in [5.41, 5.74) is 11.8. The molecule has 1 heterocycles. The number of rotatable bonds is 4. The zero-order chi connectivity index (χ0) is 19.7. The Morgan fingerprint density at radius 1 is 0.893 bits per heavy atom. The Labute approximate surface area is 162 Å². The van der Waals surface area contributed by atoms with Gasteiger partial charge in [0.25, 0.3) is 10.0 Å². The summed E-state index contributed by atoms with van der Waals surface area (Å²) in [6.07, 6.45) is 0. The fraction of sp³-hybridized carbons (Fsp3) is 0.0476. The normalized spacial score (nSPS) is 11.3. The number of aryl methyl sites for hydroxylation is 1. The summed E-state index contributed by atoms with van der Waals surface area (Å²) in [4.78, 5) is 3.11. The largest absolute Gasteiger partial charge is 0.268 e. The molecule has 0 fully saturated rings. The van der Waals surface area contributed by atoms with Crippen molar-refractivity contribution in [3.8, 4) is 11.3 Å². The highest BCUT2D eigenvalue weighted by Crippen LogP contribution is 2.42. The quantitative estimate of drug-likeness (QED) is 0.251.